The number of nitro benzene ring substituents is 1. The van der Waals surface area contributed by atoms with Gasteiger partial charge in [-0.15, -0.1) is 0 Å². The van der Waals surface area contributed by atoms with Gasteiger partial charge in [0.25, 0.3) is 5.69 Å². The first kappa shape index (κ1) is 14.7. The van der Waals surface area contributed by atoms with E-state index in [1.54, 1.807) is 6.07 Å². The summed E-state index contributed by atoms with van der Waals surface area (Å²) in [5.41, 5.74) is 7.69. The van der Waals surface area contributed by atoms with Crippen LogP contribution in [0.3, 0.4) is 0 Å². The van der Waals surface area contributed by atoms with Crippen molar-refractivity contribution in [2.75, 3.05) is 7.11 Å². The van der Waals surface area contributed by atoms with Crippen molar-refractivity contribution in [2.45, 2.75) is 6.04 Å². The Morgan fingerprint density at radius 2 is 1.90 bits per heavy atom. The third kappa shape index (κ3) is 3.07. The van der Waals surface area contributed by atoms with E-state index < -0.39 is 11.0 Å². The van der Waals surface area contributed by atoms with Gasteiger partial charge in [-0.2, -0.15) is 0 Å². The van der Waals surface area contributed by atoms with E-state index in [9.17, 15) is 10.1 Å². The number of rotatable bonds is 4. The largest absolute Gasteiger partial charge is 0.496 e. The molecule has 2 aromatic rings. The van der Waals surface area contributed by atoms with Crippen molar-refractivity contribution in [3.63, 3.8) is 0 Å². The molecule has 0 saturated carbocycles. The Bertz CT molecular complexity index is 629. The number of nitro groups is 1. The molecule has 0 aliphatic heterocycles. The highest BCUT2D eigenvalue weighted by Gasteiger charge is 2.18. The van der Waals surface area contributed by atoms with Gasteiger partial charge in [0.2, 0.25) is 0 Å². The SMILES string of the molecule is COc1ccc([N+](=O)[O-])cc1C(N)c1ccc(I)cc1. The highest BCUT2D eigenvalue weighted by atomic mass is 127. The van der Waals surface area contributed by atoms with Gasteiger partial charge in [0.15, 0.2) is 0 Å². The Balaban J connectivity index is 2.46. The molecular formula is C14H13IN2O3. The Kier molecular flexibility index (Phi) is 4.56. The van der Waals surface area contributed by atoms with E-state index in [2.05, 4.69) is 22.6 Å². The highest BCUT2D eigenvalue weighted by molar-refractivity contribution is 14.1. The maximum atomic E-state index is 10.9. The van der Waals surface area contributed by atoms with Crippen LogP contribution in [0.25, 0.3) is 0 Å². The molecule has 0 aromatic heterocycles. The molecule has 5 nitrogen and oxygen atoms in total. The van der Waals surface area contributed by atoms with Gasteiger partial charge in [-0.05, 0) is 46.4 Å². The number of hydrogen-bond acceptors (Lipinski definition) is 4. The highest BCUT2D eigenvalue weighted by Crippen LogP contribution is 2.31. The van der Waals surface area contributed by atoms with E-state index in [4.69, 9.17) is 10.5 Å². The van der Waals surface area contributed by atoms with Crippen LogP contribution in [0.1, 0.15) is 17.2 Å². The van der Waals surface area contributed by atoms with Crippen LogP contribution in [0.5, 0.6) is 5.75 Å². The molecule has 2 rings (SSSR count). The fourth-order valence-corrected chi connectivity index (χ4v) is 2.29. The molecule has 2 aromatic carbocycles. The predicted octanol–water partition coefficient (Wildman–Crippen LogP) is 3.26. The van der Waals surface area contributed by atoms with Gasteiger partial charge in [-0.25, -0.2) is 0 Å². The molecule has 1 unspecified atom stereocenters. The van der Waals surface area contributed by atoms with Gasteiger partial charge >= 0.3 is 0 Å². The van der Waals surface area contributed by atoms with Gasteiger partial charge in [0.1, 0.15) is 5.75 Å². The Hall–Kier alpha value is -1.67. The average Bonchev–Trinajstić information content (AvgIpc) is 2.46. The summed E-state index contributed by atoms with van der Waals surface area (Å²) < 4.78 is 6.34. The Morgan fingerprint density at radius 1 is 1.25 bits per heavy atom. The minimum atomic E-state index is -0.471. The van der Waals surface area contributed by atoms with E-state index in [1.165, 1.54) is 19.2 Å². The zero-order valence-electron chi connectivity index (χ0n) is 10.7. The summed E-state index contributed by atoms with van der Waals surface area (Å²) in [4.78, 5) is 10.4. The molecule has 0 fully saturated rings. The summed E-state index contributed by atoms with van der Waals surface area (Å²) in [5.74, 6) is 0.543. The molecule has 1 atom stereocenters. The molecule has 0 saturated heterocycles. The van der Waals surface area contributed by atoms with Crippen molar-refractivity contribution in [3.8, 4) is 5.75 Å². The molecule has 0 aliphatic carbocycles. The van der Waals surface area contributed by atoms with Crippen molar-refractivity contribution in [3.05, 3.63) is 67.3 Å². The van der Waals surface area contributed by atoms with Crippen LogP contribution in [0, 0.1) is 13.7 Å². The molecule has 0 bridgehead atoms. The third-order valence-corrected chi connectivity index (χ3v) is 3.71. The number of halogens is 1. The van der Waals surface area contributed by atoms with Gasteiger partial charge in [-0.1, -0.05) is 12.1 Å². The number of nitrogens with zero attached hydrogens (tertiary/aromatic N) is 1. The summed E-state index contributed by atoms with van der Waals surface area (Å²) in [6.07, 6.45) is 0. The van der Waals surface area contributed by atoms with Crippen molar-refractivity contribution in [1.29, 1.82) is 0 Å². The maximum absolute atomic E-state index is 10.9. The van der Waals surface area contributed by atoms with Crippen molar-refractivity contribution in [1.82, 2.24) is 0 Å². The standard InChI is InChI=1S/C14H13IN2O3/c1-20-13-7-6-11(17(18)19)8-12(13)14(16)9-2-4-10(15)5-3-9/h2-8,14H,16H2,1H3. The molecular weight excluding hydrogens is 371 g/mol. The van der Waals surface area contributed by atoms with Crippen LogP contribution in [-0.4, -0.2) is 12.0 Å². The molecule has 0 aliphatic rings. The summed E-state index contributed by atoms with van der Waals surface area (Å²) in [7, 11) is 1.52. The summed E-state index contributed by atoms with van der Waals surface area (Å²) in [5, 5.41) is 10.9. The molecule has 0 amide bonds. The van der Waals surface area contributed by atoms with Crippen LogP contribution >= 0.6 is 22.6 Å². The first-order chi connectivity index (χ1) is 9.52. The molecule has 104 valence electrons. The van der Waals surface area contributed by atoms with E-state index in [-0.39, 0.29) is 5.69 Å². The topological polar surface area (TPSA) is 78.4 Å². The predicted molar refractivity (Wildman–Crippen MR) is 84.8 cm³/mol. The second kappa shape index (κ2) is 6.19. The van der Waals surface area contributed by atoms with Crippen LogP contribution < -0.4 is 10.5 Å². The van der Waals surface area contributed by atoms with Crippen LogP contribution in [0.15, 0.2) is 42.5 Å². The molecule has 20 heavy (non-hydrogen) atoms. The minimum Gasteiger partial charge on any atom is -0.496 e. The van der Waals surface area contributed by atoms with E-state index >= 15 is 0 Å². The lowest BCUT2D eigenvalue weighted by atomic mass is 9.98. The molecule has 2 N–H and O–H groups in total. The summed E-state index contributed by atoms with van der Waals surface area (Å²) in [6.45, 7) is 0. The third-order valence-electron chi connectivity index (χ3n) is 2.99. The minimum absolute atomic E-state index is 0.00163. The van der Waals surface area contributed by atoms with Crippen LogP contribution in [-0.2, 0) is 0 Å². The smallest absolute Gasteiger partial charge is 0.270 e. The zero-order valence-corrected chi connectivity index (χ0v) is 12.9. The average molecular weight is 384 g/mol. The summed E-state index contributed by atoms with van der Waals surface area (Å²) >= 11 is 2.21. The lowest BCUT2D eigenvalue weighted by Crippen LogP contribution is -2.13. The zero-order chi connectivity index (χ0) is 14.7. The number of benzene rings is 2. The van der Waals surface area contributed by atoms with E-state index in [1.807, 2.05) is 24.3 Å². The Labute approximate surface area is 130 Å². The maximum Gasteiger partial charge on any atom is 0.270 e. The van der Waals surface area contributed by atoms with Gasteiger partial charge in [0.05, 0.1) is 18.1 Å². The van der Waals surface area contributed by atoms with Crippen LogP contribution in [0.4, 0.5) is 5.69 Å². The monoisotopic (exact) mass is 384 g/mol. The summed E-state index contributed by atoms with van der Waals surface area (Å²) in [6, 6.07) is 11.7. The first-order valence-electron chi connectivity index (χ1n) is 5.86. The van der Waals surface area contributed by atoms with Gasteiger partial charge in [0, 0.05) is 21.3 Å². The van der Waals surface area contributed by atoms with Crippen molar-refractivity contribution < 1.29 is 9.66 Å². The van der Waals surface area contributed by atoms with E-state index in [0.717, 1.165) is 9.13 Å². The fourth-order valence-electron chi connectivity index (χ4n) is 1.93. The number of non-ortho nitro benzene ring substituents is 1. The first-order valence-corrected chi connectivity index (χ1v) is 6.94. The molecule has 0 spiro atoms. The number of hydrogen-bond donors (Lipinski definition) is 1. The number of nitrogens with two attached hydrogens (primary N) is 1. The lowest BCUT2D eigenvalue weighted by Gasteiger charge is -2.16. The fraction of sp³-hybridized carbons (Fsp3) is 0.143. The lowest BCUT2D eigenvalue weighted by molar-refractivity contribution is -0.384. The second-order valence-corrected chi connectivity index (χ2v) is 5.46. The Morgan fingerprint density at radius 3 is 2.45 bits per heavy atom. The van der Waals surface area contributed by atoms with Gasteiger partial charge < -0.3 is 10.5 Å². The van der Waals surface area contributed by atoms with Crippen molar-refractivity contribution in [2.24, 2.45) is 5.73 Å². The van der Waals surface area contributed by atoms with Crippen LogP contribution in [0.2, 0.25) is 0 Å². The van der Waals surface area contributed by atoms with Gasteiger partial charge in [-0.3, -0.25) is 10.1 Å². The molecule has 6 heteroatoms. The second-order valence-electron chi connectivity index (χ2n) is 4.21. The van der Waals surface area contributed by atoms with Crippen molar-refractivity contribution >= 4 is 28.3 Å². The normalized spacial score (nSPS) is 11.9. The molecule has 0 heterocycles. The number of methoxy groups -OCH3 is 1. The van der Waals surface area contributed by atoms with E-state index in [0.29, 0.717) is 11.3 Å². The quantitative estimate of drug-likeness (QED) is 0.499. The number of ether oxygens (including phenoxy) is 1. The molecule has 0 radical (unpaired) electrons.